The number of carbonyl (C=O) groups excluding carboxylic acids is 5. The summed E-state index contributed by atoms with van der Waals surface area (Å²) in [5.74, 6) is -8.33. The van der Waals surface area contributed by atoms with Crippen molar-refractivity contribution in [3.05, 3.63) is 0 Å². The molecule has 0 rings (SSSR count). The molecule has 0 aliphatic rings. The highest BCUT2D eigenvalue weighted by Gasteiger charge is 2.32. The fraction of sp³-hybridized carbons (Fsp3) is 0.600. The molecule has 0 heterocycles. The second-order valence-electron chi connectivity index (χ2n) is 7.92. The van der Waals surface area contributed by atoms with Crippen molar-refractivity contribution in [2.45, 2.75) is 70.6 Å². The zero-order valence-electron chi connectivity index (χ0n) is 19.4. The summed E-state index contributed by atoms with van der Waals surface area (Å²) in [6.45, 7) is 4.10. The lowest BCUT2D eigenvalue weighted by Crippen LogP contribution is -2.58. The molecule has 0 aliphatic heterocycles. The van der Waals surface area contributed by atoms with Gasteiger partial charge in [-0.25, -0.2) is 0 Å². The normalized spacial score (nSPS) is 13.9. The number of rotatable bonds is 16. The molecule has 35 heavy (non-hydrogen) atoms. The minimum Gasteiger partial charge on any atom is -0.481 e. The maximum Gasteiger partial charge on any atom is 0.305 e. The van der Waals surface area contributed by atoms with Crippen molar-refractivity contribution in [3.8, 4) is 0 Å². The van der Waals surface area contributed by atoms with E-state index in [-0.39, 0.29) is 6.29 Å². The zero-order chi connectivity index (χ0) is 27.3. The Morgan fingerprint density at radius 2 is 1.26 bits per heavy atom. The van der Waals surface area contributed by atoms with Crippen molar-refractivity contribution in [1.29, 1.82) is 0 Å². The lowest BCUT2D eigenvalue weighted by molar-refractivity contribution is -0.141. The minimum atomic E-state index is -1.56. The number of aliphatic carboxylic acids is 3. The van der Waals surface area contributed by atoms with Crippen LogP contribution in [-0.4, -0.2) is 87.3 Å². The standard InChI is InChI=1S/C20H30N4O11/c1-9(2)17(20(35)22-11(8-25)6-15(29)30)24-18(33)12(4-5-14(27)28)23-19(34)13(7-16(31)32)21-10(3)26/h8-9,11-13,17H,4-7H2,1-3H3,(H,21,26)(H,22,35)(H,23,34)(H,24,33)(H,27,28)(H,29,30)(H,31,32)/t11?,12?,13-,17-/m0/s1. The Balaban J connectivity index is 5.66. The summed E-state index contributed by atoms with van der Waals surface area (Å²) in [4.78, 5) is 93.1. The van der Waals surface area contributed by atoms with Gasteiger partial charge in [0.2, 0.25) is 23.6 Å². The minimum absolute atomic E-state index is 0.214. The smallest absolute Gasteiger partial charge is 0.305 e. The maximum absolute atomic E-state index is 12.8. The molecule has 0 radical (unpaired) electrons. The van der Waals surface area contributed by atoms with Crippen LogP contribution in [0.3, 0.4) is 0 Å². The third kappa shape index (κ3) is 12.7. The van der Waals surface area contributed by atoms with E-state index in [0.717, 1.165) is 6.92 Å². The van der Waals surface area contributed by atoms with E-state index in [1.54, 1.807) is 0 Å². The van der Waals surface area contributed by atoms with Crippen molar-refractivity contribution in [2.24, 2.45) is 5.92 Å². The van der Waals surface area contributed by atoms with Crippen LogP contribution in [-0.2, 0) is 38.4 Å². The molecule has 0 aromatic rings. The Kier molecular flexibility index (Phi) is 13.2. The molecule has 0 aromatic heterocycles. The molecule has 2 unspecified atom stereocenters. The predicted molar refractivity (Wildman–Crippen MR) is 116 cm³/mol. The van der Waals surface area contributed by atoms with E-state index in [1.807, 2.05) is 0 Å². The Morgan fingerprint density at radius 1 is 0.714 bits per heavy atom. The first-order valence-electron chi connectivity index (χ1n) is 10.5. The maximum atomic E-state index is 12.8. The topological polar surface area (TPSA) is 245 Å². The van der Waals surface area contributed by atoms with Gasteiger partial charge in [0.1, 0.15) is 24.4 Å². The largest absolute Gasteiger partial charge is 0.481 e. The summed E-state index contributed by atoms with van der Waals surface area (Å²) in [5, 5.41) is 35.5. The molecule has 0 fully saturated rings. The van der Waals surface area contributed by atoms with Crippen molar-refractivity contribution in [1.82, 2.24) is 21.3 Å². The summed E-state index contributed by atoms with van der Waals surface area (Å²) >= 11 is 0. The van der Waals surface area contributed by atoms with E-state index in [9.17, 15) is 38.4 Å². The number of amides is 4. The molecule has 196 valence electrons. The second kappa shape index (κ2) is 15.0. The third-order valence-electron chi connectivity index (χ3n) is 4.49. The molecule has 4 atom stereocenters. The van der Waals surface area contributed by atoms with Gasteiger partial charge in [-0.2, -0.15) is 0 Å². The van der Waals surface area contributed by atoms with Crippen LogP contribution in [0, 0.1) is 5.92 Å². The van der Waals surface area contributed by atoms with E-state index < -0.39 is 97.3 Å². The van der Waals surface area contributed by atoms with Crippen LogP contribution in [0.15, 0.2) is 0 Å². The SMILES string of the molecule is CC(=O)N[C@@H](CC(=O)O)C(=O)NC(CCC(=O)O)C(=O)N[C@H](C(=O)NC(C=O)CC(=O)O)C(C)C. The molecule has 15 nitrogen and oxygen atoms in total. The first kappa shape index (κ1) is 31.0. The highest BCUT2D eigenvalue weighted by atomic mass is 16.4. The van der Waals surface area contributed by atoms with Gasteiger partial charge < -0.3 is 41.4 Å². The predicted octanol–water partition coefficient (Wildman–Crippen LogP) is -2.39. The van der Waals surface area contributed by atoms with Crippen molar-refractivity contribution in [3.63, 3.8) is 0 Å². The Labute approximate surface area is 200 Å². The second-order valence-corrected chi connectivity index (χ2v) is 7.92. The molecular formula is C20H30N4O11. The lowest BCUT2D eigenvalue weighted by atomic mass is 10.0. The van der Waals surface area contributed by atoms with Crippen molar-refractivity contribution >= 4 is 47.8 Å². The van der Waals surface area contributed by atoms with Crippen molar-refractivity contribution in [2.75, 3.05) is 0 Å². The molecule has 0 bridgehead atoms. The molecule has 0 aromatic carbocycles. The van der Waals surface area contributed by atoms with Crippen LogP contribution < -0.4 is 21.3 Å². The highest BCUT2D eigenvalue weighted by Crippen LogP contribution is 2.07. The average molecular weight is 502 g/mol. The third-order valence-corrected chi connectivity index (χ3v) is 4.49. The van der Waals surface area contributed by atoms with Gasteiger partial charge in [-0.15, -0.1) is 0 Å². The van der Waals surface area contributed by atoms with Crippen LogP contribution in [0.2, 0.25) is 0 Å². The van der Waals surface area contributed by atoms with Crippen LogP contribution in [0.25, 0.3) is 0 Å². The Bertz CT molecular complexity index is 827. The molecule has 15 heteroatoms. The van der Waals surface area contributed by atoms with Crippen LogP contribution in [0.5, 0.6) is 0 Å². The first-order valence-corrected chi connectivity index (χ1v) is 10.5. The molecule has 4 amide bonds. The number of carbonyl (C=O) groups is 8. The molecule has 7 N–H and O–H groups in total. The quantitative estimate of drug-likeness (QED) is 0.110. The zero-order valence-corrected chi connectivity index (χ0v) is 19.4. The van der Waals surface area contributed by atoms with Crippen LogP contribution in [0.1, 0.15) is 46.5 Å². The van der Waals surface area contributed by atoms with Crippen molar-refractivity contribution < 1.29 is 53.7 Å². The average Bonchev–Trinajstić information content (AvgIpc) is 2.71. The van der Waals surface area contributed by atoms with Crippen LogP contribution >= 0.6 is 0 Å². The van der Waals surface area contributed by atoms with Gasteiger partial charge >= 0.3 is 17.9 Å². The number of carboxylic acids is 3. The number of nitrogens with one attached hydrogen (secondary N) is 4. The summed E-state index contributed by atoms with van der Waals surface area (Å²) in [6, 6.07) is -5.75. The van der Waals surface area contributed by atoms with Gasteiger partial charge in [0.05, 0.1) is 18.9 Å². The Morgan fingerprint density at radius 3 is 1.69 bits per heavy atom. The molecular weight excluding hydrogens is 472 g/mol. The summed E-state index contributed by atoms with van der Waals surface area (Å²) in [6.07, 6.45) is -2.31. The monoisotopic (exact) mass is 502 g/mol. The molecule has 0 saturated heterocycles. The fourth-order valence-electron chi connectivity index (χ4n) is 2.82. The molecule has 0 aliphatic carbocycles. The summed E-state index contributed by atoms with van der Waals surface area (Å²) in [7, 11) is 0. The van der Waals surface area contributed by atoms with E-state index in [2.05, 4.69) is 21.3 Å². The number of aldehydes is 1. The highest BCUT2D eigenvalue weighted by molar-refractivity contribution is 5.96. The van der Waals surface area contributed by atoms with Gasteiger partial charge in [0.15, 0.2) is 0 Å². The Hall–Kier alpha value is -4.04. The molecule has 0 spiro atoms. The van der Waals surface area contributed by atoms with Gasteiger partial charge in [0.25, 0.3) is 0 Å². The van der Waals surface area contributed by atoms with E-state index in [4.69, 9.17) is 15.3 Å². The lowest BCUT2D eigenvalue weighted by Gasteiger charge is -2.27. The van der Waals surface area contributed by atoms with Crippen LogP contribution in [0.4, 0.5) is 0 Å². The summed E-state index contributed by atoms with van der Waals surface area (Å²) < 4.78 is 0. The number of hydrogen-bond acceptors (Lipinski definition) is 8. The van der Waals surface area contributed by atoms with E-state index in [0.29, 0.717) is 0 Å². The van der Waals surface area contributed by atoms with Gasteiger partial charge in [0, 0.05) is 13.3 Å². The van der Waals surface area contributed by atoms with Gasteiger partial charge in [-0.1, -0.05) is 13.8 Å². The number of carboxylic acid groups (broad SMARTS) is 3. The fourth-order valence-corrected chi connectivity index (χ4v) is 2.82. The molecule has 0 saturated carbocycles. The summed E-state index contributed by atoms with van der Waals surface area (Å²) in [5.41, 5.74) is 0. The first-order chi connectivity index (χ1) is 16.2. The number of hydrogen-bond donors (Lipinski definition) is 7. The van der Waals surface area contributed by atoms with E-state index >= 15 is 0 Å². The van der Waals surface area contributed by atoms with Gasteiger partial charge in [-0.3, -0.25) is 33.6 Å². The van der Waals surface area contributed by atoms with Gasteiger partial charge in [-0.05, 0) is 12.3 Å². The van der Waals surface area contributed by atoms with E-state index in [1.165, 1.54) is 13.8 Å².